The van der Waals surface area contributed by atoms with E-state index in [0.29, 0.717) is 6.61 Å². The summed E-state index contributed by atoms with van der Waals surface area (Å²) in [6.07, 6.45) is 7.04. The minimum atomic E-state index is -1.87. The van der Waals surface area contributed by atoms with E-state index < -0.39 is 16.4 Å². The molecule has 4 nitrogen and oxygen atoms in total. The van der Waals surface area contributed by atoms with Crippen molar-refractivity contribution in [2.75, 3.05) is 14.2 Å². The minimum absolute atomic E-state index is 0.0264. The largest absolute Gasteiger partial charge is 0.493 e. The molecule has 4 atom stereocenters. The molecule has 244 valence electrons. The van der Waals surface area contributed by atoms with Gasteiger partial charge in [0.05, 0.1) is 41.1 Å². The van der Waals surface area contributed by atoms with Gasteiger partial charge in [0.25, 0.3) is 0 Å². The first-order chi connectivity index (χ1) is 20.9. The Morgan fingerprint density at radius 3 is 1.98 bits per heavy atom. The molecule has 0 aromatic heterocycles. The predicted octanol–water partition coefficient (Wildman–Crippen LogP) is 10.4. The number of rotatable bonds is 19. The minimum Gasteiger partial charge on any atom is -0.493 e. The summed E-state index contributed by atoms with van der Waals surface area (Å²) in [5.74, 6) is 1.90. The summed E-state index contributed by atoms with van der Waals surface area (Å²) < 4.78 is 24.5. The number of hydrogen-bond acceptors (Lipinski definition) is 4. The molecule has 0 N–H and O–H groups in total. The lowest BCUT2D eigenvalue weighted by atomic mass is 9.93. The van der Waals surface area contributed by atoms with Gasteiger partial charge in [-0.3, -0.25) is 0 Å². The number of methoxy groups -OCH3 is 2. The zero-order valence-electron chi connectivity index (χ0n) is 29.5. The Bertz CT molecular complexity index is 1210. The smallest absolute Gasteiger partial charge is 0.192 e. The van der Waals surface area contributed by atoms with Crippen molar-refractivity contribution in [2.45, 2.75) is 105 Å². The molecule has 2 rings (SSSR count). The van der Waals surface area contributed by atoms with Crippen LogP contribution >= 0.6 is 0 Å². The van der Waals surface area contributed by atoms with Gasteiger partial charge in [-0.1, -0.05) is 120 Å². The molecule has 0 radical (unpaired) electrons. The first kappa shape index (κ1) is 37.8. The maximum atomic E-state index is 7.28. The summed E-state index contributed by atoms with van der Waals surface area (Å²) >= 11 is 0. The van der Waals surface area contributed by atoms with E-state index in [4.69, 9.17) is 18.6 Å². The van der Waals surface area contributed by atoms with Crippen LogP contribution in [-0.4, -0.2) is 42.8 Å². The third-order valence-electron chi connectivity index (χ3n) is 9.40. The van der Waals surface area contributed by atoms with Crippen LogP contribution in [-0.2, 0) is 21.8 Å². The second-order valence-electron chi connectivity index (χ2n) is 13.0. The lowest BCUT2D eigenvalue weighted by molar-refractivity contribution is 0.0301. The molecule has 2 aromatic rings. The highest BCUT2D eigenvalue weighted by Gasteiger charge is 2.35. The summed E-state index contributed by atoms with van der Waals surface area (Å²) in [7, 11) is -0.318. The highest BCUT2D eigenvalue weighted by atomic mass is 28.4. The van der Waals surface area contributed by atoms with Gasteiger partial charge < -0.3 is 18.6 Å². The third kappa shape index (κ3) is 10.6. The van der Waals surface area contributed by atoms with E-state index in [0.717, 1.165) is 41.2 Å². The van der Waals surface area contributed by atoms with E-state index in [-0.39, 0.29) is 24.0 Å². The van der Waals surface area contributed by atoms with Crippen LogP contribution in [0.3, 0.4) is 0 Å². The van der Waals surface area contributed by atoms with Crippen LogP contribution in [0.4, 0.5) is 0 Å². The fourth-order valence-corrected chi connectivity index (χ4v) is 11.7. The van der Waals surface area contributed by atoms with E-state index in [2.05, 4.69) is 117 Å². The van der Waals surface area contributed by atoms with E-state index >= 15 is 0 Å². The summed E-state index contributed by atoms with van der Waals surface area (Å²) in [5.41, 5.74) is 3.76. The highest BCUT2D eigenvalue weighted by Crippen LogP contribution is 2.33. The Labute approximate surface area is 271 Å². The quantitative estimate of drug-likeness (QED) is 0.0873. The van der Waals surface area contributed by atoms with E-state index in [1.54, 1.807) is 14.2 Å². The van der Waals surface area contributed by atoms with Crippen molar-refractivity contribution < 1.29 is 18.6 Å². The van der Waals surface area contributed by atoms with Gasteiger partial charge in [0.1, 0.15) is 0 Å². The van der Waals surface area contributed by atoms with Crippen molar-refractivity contribution in [3.05, 3.63) is 95.2 Å². The van der Waals surface area contributed by atoms with Crippen molar-refractivity contribution in [1.82, 2.24) is 0 Å². The van der Waals surface area contributed by atoms with E-state index in [1.807, 2.05) is 18.2 Å². The van der Waals surface area contributed by atoms with Gasteiger partial charge in [0.15, 0.2) is 19.8 Å². The first-order valence-corrected chi connectivity index (χ1v) is 22.2. The lowest BCUT2D eigenvalue weighted by Crippen LogP contribution is -2.42. The van der Waals surface area contributed by atoms with Crippen LogP contribution in [0.5, 0.6) is 11.5 Å². The summed E-state index contributed by atoms with van der Waals surface area (Å²) in [4.78, 5) is 0. The molecule has 0 aliphatic heterocycles. The molecular formula is C38H60O4Si2. The van der Waals surface area contributed by atoms with Crippen LogP contribution in [0.25, 0.3) is 0 Å². The van der Waals surface area contributed by atoms with Gasteiger partial charge in [-0.25, -0.2) is 0 Å². The van der Waals surface area contributed by atoms with Gasteiger partial charge in [0.2, 0.25) is 0 Å². The van der Waals surface area contributed by atoms with Gasteiger partial charge in [-0.15, -0.1) is 0 Å². The molecule has 6 heteroatoms. The van der Waals surface area contributed by atoms with Gasteiger partial charge in [0, 0.05) is 11.8 Å². The molecule has 0 spiro atoms. The molecule has 0 heterocycles. The molecule has 0 aliphatic carbocycles. The summed E-state index contributed by atoms with van der Waals surface area (Å²) in [5, 5.41) is 1.41. The second kappa shape index (κ2) is 17.9. The van der Waals surface area contributed by atoms with Crippen molar-refractivity contribution in [3.8, 4) is 11.5 Å². The second-order valence-corrected chi connectivity index (χ2v) is 22.4. The Morgan fingerprint density at radius 2 is 1.43 bits per heavy atom. The molecule has 0 bridgehead atoms. The van der Waals surface area contributed by atoms with Crippen LogP contribution in [0, 0.1) is 11.8 Å². The van der Waals surface area contributed by atoms with Crippen LogP contribution in [0.15, 0.2) is 84.1 Å². The number of allylic oxidation sites excluding steroid dienone is 2. The molecule has 0 aliphatic rings. The third-order valence-corrected chi connectivity index (χ3v) is 17.2. The average Bonchev–Trinajstić information content (AvgIpc) is 3.03. The highest BCUT2D eigenvalue weighted by molar-refractivity contribution is 6.84. The van der Waals surface area contributed by atoms with Crippen molar-refractivity contribution >= 4 is 16.4 Å². The molecule has 0 amide bonds. The molecule has 0 unspecified atom stereocenters. The van der Waals surface area contributed by atoms with Gasteiger partial charge in [-0.05, 0) is 61.3 Å². The lowest BCUT2D eigenvalue weighted by Gasteiger charge is -2.37. The molecule has 0 saturated heterocycles. The fraction of sp³-hybridized carbons (Fsp3) is 0.526. The molecule has 0 saturated carbocycles. The first-order valence-electron chi connectivity index (χ1n) is 16.5. The normalized spacial score (nSPS) is 15.8. The molecule has 44 heavy (non-hydrogen) atoms. The molecular weight excluding hydrogens is 577 g/mol. The van der Waals surface area contributed by atoms with Gasteiger partial charge >= 0.3 is 0 Å². The standard InChI is InChI=1S/C38H60O4Si2/c1-13-35(43(11,12)28-33-20-18-17-19-21-33)25-31(7)38(42-44(14-2,15-3)16-4)30(6)24-29(5)32(8)41-27-34-22-23-36(39-9)37(26-34)40-10/h13,17-26,29,31-32,38H,1,14-16,27-28H2,2-12H3/b30-24+,35-25+/t29-,31-,32+,38-/m0/s1. The maximum absolute atomic E-state index is 7.28. The zero-order valence-corrected chi connectivity index (χ0v) is 31.5. The maximum Gasteiger partial charge on any atom is 0.192 e. The molecule has 2 aromatic carbocycles. The van der Waals surface area contributed by atoms with E-state index in [1.165, 1.54) is 16.3 Å². The molecule has 0 fully saturated rings. The van der Waals surface area contributed by atoms with Crippen molar-refractivity contribution in [2.24, 2.45) is 11.8 Å². The number of hydrogen-bond donors (Lipinski definition) is 0. The van der Waals surface area contributed by atoms with E-state index in [9.17, 15) is 0 Å². The SMILES string of the molecule is C=C/C(=C\[C@H](C)[C@@H](O[Si](CC)(CC)CC)/C(C)=C/[C@H](C)[C@@H](C)OCc1ccc(OC)c(OC)c1)[Si](C)(C)Cc1ccccc1. The van der Waals surface area contributed by atoms with Crippen molar-refractivity contribution in [1.29, 1.82) is 0 Å². The summed E-state index contributed by atoms with van der Waals surface area (Å²) in [6.45, 7) is 25.6. The predicted molar refractivity (Wildman–Crippen MR) is 194 cm³/mol. The Morgan fingerprint density at radius 1 is 0.818 bits per heavy atom. The summed E-state index contributed by atoms with van der Waals surface area (Å²) in [6, 6.07) is 21.3. The van der Waals surface area contributed by atoms with Gasteiger partial charge in [-0.2, -0.15) is 0 Å². The van der Waals surface area contributed by atoms with Crippen LogP contribution in [0.1, 0.15) is 59.6 Å². The number of benzene rings is 2. The number of ether oxygens (including phenoxy) is 3. The average molecular weight is 637 g/mol. The monoisotopic (exact) mass is 636 g/mol. The topological polar surface area (TPSA) is 36.9 Å². The Kier molecular flexibility index (Phi) is 15.4. The Balaban J connectivity index is 2.33. The zero-order chi connectivity index (χ0) is 32.9. The Hall–Kier alpha value is -2.39. The van der Waals surface area contributed by atoms with Crippen molar-refractivity contribution in [3.63, 3.8) is 0 Å². The van der Waals surface area contributed by atoms with Crippen LogP contribution in [0.2, 0.25) is 31.2 Å². The van der Waals surface area contributed by atoms with Crippen LogP contribution < -0.4 is 9.47 Å². The fourth-order valence-electron chi connectivity index (χ4n) is 6.03.